The minimum Gasteiger partial charge on any atom is -0.465 e. The summed E-state index contributed by atoms with van der Waals surface area (Å²) in [6, 6.07) is 25.3. The first kappa shape index (κ1) is 19.7. The number of rotatable bonds is 4. The molecule has 0 radical (unpaired) electrons. The van der Waals surface area contributed by atoms with Crippen LogP contribution in [0.3, 0.4) is 0 Å². The Bertz CT molecular complexity index is 1050. The first-order valence-corrected chi connectivity index (χ1v) is 9.96. The number of ether oxygens (including phenoxy) is 2. The molecule has 3 aromatic rings. The summed E-state index contributed by atoms with van der Waals surface area (Å²) in [7, 11) is 0. The molecule has 152 valence electrons. The SMILES string of the molecule is Cc1ccc(NC(=O)OC2CN=C(c3ccccc3)OC2c2ccccc2)cc1C. The summed E-state index contributed by atoms with van der Waals surface area (Å²) in [5.74, 6) is 0.555. The summed E-state index contributed by atoms with van der Waals surface area (Å²) in [6.45, 7) is 4.36. The lowest BCUT2D eigenvalue weighted by Gasteiger charge is -2.31. The third-order valence-corrected chi connectivity index (χ3v) is 5.15. The second-order valence-corrected chi connectivity index (χ2v) is 7.33. The van der Waals surface area contributed by atoms with Gasteiger partial charge in [0, 0.05) is 11.3 Å². The zero-order valence-electron chi connectivity index (χ0n) is 17.0. The third kappa shape index (κ3) is 4.51. The number of nitrogens with one attached hydrogen (secondary N) is 1. The van der Waals surface area contributed by atoms with Crippen molar-refractivity contribution in [1.29, 1.82) is 0 Å². The molecule has 0 fully saturated rings. The topological polar surface area (TPSA) is 59.9 Å². The second-order valence-electron chi connectivity index (χ2n) is 7.33. The van der Waals surface area contributed by atoms with Crippen LogP contribution in [-0.2, 0) is 9.47 Å². The van der Waals surface area contributed by atoms with Crippen molar-refractivity contribution in [2.24, 2.45) is 4.99 Å². The average Bonchev–Trinajstić information content (AvgIpc) is 2.78. The maximum atomic E-state index is 12.6. The molecule has 1 amide bonds. The minimum atomic E-state index is -0.536. The molecule has 0 spiro atoms. The fourth-order valence-electron chi connectivity index (χ4n) is 3.37. The fraction of sp³-hybridized carbons (Fsp3) is 0.200. The molecule has 1 N–H and O–H groups in total. The molecule has 2 atom stereocenters. The quantitative estimate of drug-likeness (QED) is 0.634. The molecule has 5 heteroatoms. The number of aliphatic imine (C=N–C) groups is 1. The van der Waals surface area contributed by atoms with Gasteiger partial charge in [0.25, 0.3) is 0 Å². The molecule has 1 aliphatic heterocycles. The normalized spacial score (nSPS) is 18.1. The van der Waals surface area contributed by atoms with Crippen molar-refractivity contribution in [2.75, 3.05) is 11.9 Å². The van der Waals surface area contributed by atoms with Gasteiger partial charge in [0.1, 0.15) is 0 Å². The van der Waals surface area contributed by atoms with Gasteiger partial charge in [-0.05, 0) is 54.8 Å². The number of hydrogen-bond donors (Lipinski definition) is 1. The van der Waals surface area contributed by atoms with Crippen molar-refractivity contribution in [3.05, 3.63) is 101 Å². The highest BCUT2D eigenvalue weighted by atomic mass is 16.6. The lowest BCUT2D eigenvalue weighted by atomic mass is 10.0. The summed E-state index contributed by atoms with van der Waals surface area (Å²) in [6.07, 6.45) is -1.50. The van der Waals surface area contributed by atoms with Crippen LogP contribution in [0.15, 0.2) is 83.9 Å². The largest absolute Gasteiger partial charge is 0.465 e. The predicted molar refractivity (Wildman–Crippen MR) is 118 cm³/mol. The van der Waals surface area contributed by atoms with Crippen LogP contribution in [0.1, 0.15) is 28.4 Å². The van der Waals surface area contributed by atoms with Gasteiger partial charge in [-0.15, -0.1) is 0 Å². The number of amides is 1. The van der Waals surface area contributed by atoms with Gasteiger partial charge in [-0.25, -0.2) is 9.79 Å². The van der Waals surface area contributed by atoms with E-state index in [1.165, 1.54) is 5.56 Å². The van der Waals surface area contributed by atoms with Crippen molar-refractivity contribution in [1.82, 2.24) is 0 Å². The van der Waals surface area contributed by atoms with E-state index in [0.29, 0.717) is 18.1 Å². The Morgan fingerprint density at radius 3 is 2.37 bits per heavy atom. The number of nitrogens with zero attached hydrogens (tertiary/aromatic N) is 1. The van der Waals surface area contributed by atoms with Crippen molar-refractivity contribution in [3.8, 4) is 0 Å². The molecule has 30 heavy (non-hydrogen) atoms. The lowest BCUT2D eigenvalue weighted by Crippen LogP contribution is -2.37. The van der Waals surface area contributed by atoms with E-state index in [1.54, 1.807) is 0 Å². The highest BCUT2D eigenvalue weighted by Crippen LogP contribution is 2.29. The summed E-state index contributed by atoms with van der Waals surface area (Å²) in [4.78, 5) is 17.1. The molecule has 1 aliphatic rings. The Morgan fingerprint density at radius 1 is 0.967 bits per heavy atom. The van der Waals surface area contributed by atoms with E-state index in [2.05, 4.69) is 10.3 Å². The average molecular weight is 400 g/mol. The number of anilines is 1. The van der Waals surface area contributed by atoms with Gasteiger partial charge in [0.15, 0.2) is 12.2 Å². The number of aryl methyl sites for hydroxylation is 2. The molecule has 0 aliphatic carbocycles. The number of benzene rings is 3. The molecule has 0 bridgehead atoms. The van der Waals surface area contributed by atoms with Gasteiger partial charge in [0.2, 0.25) is 5.90 Å². The van der Waals surface area contributed by atoms with Gasteiger partial charge in [-0.1, -0.05) is 54.6 Å². The second kappa shape index (κ2) is 8.82. The summed E-state index contributed by atoms with van der Waals surface area (Å²) in [5, 5.41) is 2.81. The predicted octanol–water partition coefficient (Wildman–Crippen LogP) is 5.44. The Balaban J connectivity index is 1.53. The summed E-state index contributed by atoms with van der Waals surface area (Å²) in [5.41, 5.74) is 4.81. The lowest BCUT2D eigenvalue weighted by molar-refractivity contribution is 0.00996. The molecular weight excluding hydrogens is 376 g/mol. The van der Waals surface area contributed by atoms with Crippen LogP contribution in [0.2, 0.25) is 0 Å². The van der Waals surface area contributed by atoms with E-state index in [0.717, 1.165) is 16.7 Å². The molecular formula is C25H24N2O3. The van der Waals surface area contributed by atoms with Gasteiger partial charge in [-0.2, -0.15) is 0 Å². The standard InChI is InChI=1S/C25H24N2O3/c1-17-13-14-21(15-18(17)2)27-25(28)29-22-16-26-24(20-11-7-4-8-12-20)30-23(22)19-9-5-3-6-10-19/h3-15,22-23H,16H2,1-2H3,(H,27,28). The molecule has 5 nitrogen and oxygen atoms in total. The van der Waals surface area contributed by atoms with Crippen LogP contribution in [0.25, 0.3) is 0 Å². The van der Waals surface area contributed by atoms with Crippen molar-refractivity contribution in [2.45, 2.75) is 26.1 Å². The zero-order chi connectivity index (χ0) is 20.9. The molecule has 0 aromatic heterocycles. The number of carbonyl (C=O) groups is 1. The Labute approximate surface area is 176 Å². The first-order valence-electron chi connectivity index (χ1n) is 9.96. The molecule has 1 heterocycles. The maximum absolute atomic E-state index is 12.6. The number of carbonyl (C=O) groups excluding carboxylic acids is 1. The van der Waals surface area contributed by atoms with E-state index in [1.807, 2.05) is 92.7 Å². The van der Waals surface area contributed by atoms with Crippen LogP contribution in [0.5, 0.6) is 0 Å². The molecule has 2 unspecified atom stereocenters. The van der Waals surface area contributed by atoms with E-state index >= 15 is 0 Å². The molecule has 0 saturated carbocycles. The smallest absolute Gasteiger partial charge is 0.412 e. The van der Waals surface area contributed by atoms with Gasteiger partial charge in [-0.3, -0.25) is 5.32 Å². The fourth-order valence-corrected chi connectivity index (χ4v) is 3.37. The van der Waals surface area contributed by atoms with E-state index < -0.39 is 18.3 Å². The van der Waals surface area contributed by atoms with E-state index in [-0.39, 0.29) is 0 Å². The highest BCUT2D eigenvalue weighted by Gasteiger charge is 2.33. The van der Waals surface area contributed by atoms with Gasteiger partial charge >= 0.3 is 6.09 Å². The van der Waals surface area contributed by atoms with E-state index in [9.17, 15) is 4.79 Å². The first-order chi connectivity index (χ1) is 14.6. The molecule has 4 rings (SSSR count). The van der Waals surface area contributed by atoms with Crippen molar-refractivity contribution >= 4 is 17.7 Å². The highest BCUT2D eigenvalue weighted by molar-refractivity contribution is 5.94. The van der Waals surface area contributed by atoms with E-state index in [4.69, 9.17) is 9.47 Å². The molecule has 3 aromatic carbocycles. The maximum Gasteiger partial charge on any atom is 0.412 e. The zero-order valence-corrected chi connectivity index (χ0v) is 17.0. The Kier molecular flexibility index (Phi) is 5.80. The monoisotopic (exact) mass is 400 g/mol. The van der Waals surface area contributed by atoms with Crippen LogP contribution >= 0.6 is 0 Å². The van der Waals surface area contributed by atoms with Crippen molar-refractivity contribution in [3.63, 3.8) is 0 Å². The van der Waals surface area contributed by atoms with Gasteiger partial charge < -0.3 is 9.47 Å². The third-order valence-electron chi connectivity index (χ3n) is 5.15. The Morgan fingerprint density at radius 2 is 1.67 bits per heavy atom. The summed E-state index contributed by atoms with van der Waals surface area (Å²) >= 11 is 0. The van der Waals surface area contributed by atoms with Crippen molar-refractivity contribution < 1.29 is 14.3 Å². The van der Waals surface area contributed by atoms with Crippen LogP contribution in [0.4, 0.5) is 10.5 Å². The summed E-state index contributed by atoms with van der Waals surface area (Å²) < 4.78 is 11.9. The number of hydrogen-bond acceptors (Lipinski definition) is 4. The minimum absolute atomic E-state index is 0.324. The van der Waals surface area contributed by atoms with Gasteiger partial charge in [0.05, 0.1) is 6.54 Å². The Hall–Kier alpha value is -3.60. The van der Waals surface area contributed by atoms with Crippen LogP contribution < -0.4 is 5.32 Å². The van der Waals surface area contributed by atoms with Crippen LogP contribution in [-0.4, -0.2) is 24.6 Å². The molecule has 0 saturated heterocycles. The van der Waals surface area contributed by atoms with Crippen LogP contribution in [0, 0.1) is 13.8 Å².